The Morgan fingerprint density at radius 2 is 2.05 bits per heavy atom. The Hall–Kier alpha value is -2.20. The highest BCUT2D eigenvalue weighted by molar-refractivity contribution is 5.95. The van der Waals surface area contributed by atoms with E-state index >= 15 is 0 Å². The first-order chi connectivity index (χ1) is 9.58. The van der Waals surface area contributed by atoms with Gasteiger partial charge in [-0.05, 0) is 25.0 Å². The van der Waals surface area contributed by atoms with Crippen LogP contribution in [0.3, 0.4) is 0 Å². The topological polar surface area (TPSA) is 82.2 Å². The maximum atomic E-state index is 13.6. The van der Waals surface area contributed by atoms with Crippen LogP contribution in [0.4, 0.5) is 14.5 Å². The normalized spacial score (nSPS) is 13.7. The first-order valence-corrected chi connectivity index (χ1v) is 6.22. The van der Waals surface area contributed by atoms with Crippen molar-refractivity contribution in [1.29, 1.82) is 5.26 Å². The number of nitrogens with two attached hydrogens (primary N) is 1. The molecule has 7 heteroatoms. The number of benzene rings is 1. The molecule has 0 saturated heterocycles. The van der Waals surface area contributed by atoms with E-state index in [1.807, 2.05) is 11.5 Å². The lowest BCUT2D eigenvalue weighted by Crippen LogP contribution is -2.34. The Kier molecular flexibility index (Phi) is 4.15. The molecule has 3 N–H and O–H groups in total. The van der Waals surface area contributed by atoms with E-state index in [1.165, 1.54) is 4.90 Å². The molecule has 1 saturated carbocycles. The van der Waals surface area contributed by atoms with Gasteiger partial charge in [-0.2, -0.15) is 5.26 Å². The number of anilines is 1. The molecule has 5 nitrogen and oxygen atoms in total. The van der Waals surface area contributed by atoms with Gasteiger partial charge in [0.15, 0.2) is 11.6 Å². The van der Waals surface area contributed by atoms with Crippen LogP contribution in [-0.2, 0) is 0 Å². The van der Waals surface area contributed by atoms with Gasteiger partial charge in [0.05, 0.1) is 12.5 Å². The molecule has 1 aromatic rings. The van der Waals surface area contributed by atoms with Gasteiger partial charge in [0, 0.05) is 18.2 Å². The maximum Gasteiger partial charge on any atom is 0.254 e. The van der Waals surface area contributed by atoms with Crippen LogP contribution in [0.25, 0.3) is 0 Å². The van der Waals surface area contributed by atoms with E-state index in [0.717, 1.165) is 25.0 Å². The third-order valence-electron chi connectivity index (χ3n) is 3.15. The average molecular weight is 280 g/mol. The minimum Gasteiger partial charge on any atom is -0.335 e. The van der Waals surface area contributed by atoms with Crippen LogP contribution in [0.1, 0.15) is 29.6 Å². The first-order valence-electron chi connectivity index (χ1n) is 6.22. The number of amides is 1. The fourth-order valence-corrected chi connectivity index (χ4v) is 2.01. The van der Waals surface area contributed by atoms with Crippen molar-refractivity contribution in [2.45, 2.75) is 25.3 Å². The van der Waals surface area contributed by atoms with Gasteiger partial charge in [-0.1, -0.05) is 0 Å². The fourth-order valence-electron chi connectivity index (χ4n) is 2.01. The van der Waals surface area contributed by atoms with Crippen LogP contribution in [0, 0.1) is 23.0 Å². The summed E-state index contributed by atoms with van der Waals surface area (Å²) in [6.45, 7) is 0.264. The second-order valence-electron chi connectivity index (χ2n) is 4.60. The molecule has 20 heavy (non-hydrogen) atoms. The lowest BCUT2D eigenvalue weighted by atomic mass is 10.1. The van der Waals surface area contributed by atoms with E-state index in [0.29, 0.717) is 0 Å². The van der Waals surface area contributed by atoms with Gasteiger partial charge in [0.1, 0.15) is 5.69 Å². The van der Waals surface area contributed by atoms with Gasteiger partial charge < -0.3 is 10.3 Å². The number of halogens is 2. The largest absolute Gasteiger partial charge is 0.335 e. The van der Waals surface area contributed by atoms with E-state index in [-0.39, 0.29) is 24.6 Å². The number of hydrogen-bond donors (Lipinski definition) is 2. The number of hydrogen-bond acceptors (Lipinski definition) is 4. The average Bonchev–Trinajstić information content (AvgIpc) is 3.23. The second-order valence-corrected chi connectivity index (χ2v) is 4.60. The maximum absolute atomic E-state index is 13.6. The summed E-state index contributed by atoms with van der Waals surface area (Å²) in [5, 5.41) is 8.60. The van der Waals surface area contributed by atoms with Crippen LogP contribution < -0.4 is 11.3 Å². The van der Waals surface area contributed by atoms with E-state index < -0.39 is 23.2 Å². The zero-order valence-electron chi connectivity index (χ0n) is 10.7. The Labute approximate surface area is 114 Å². The Bertz CT molecular complexity index is 543. The quantitative estimate of drug-likeness (QED) is 0.636. The summed E-state index contributed by atoms with van der Waals surface area (Å²) in [6, 6.07) is 3.92. The predicted octanol–water partition coefficient (Wildman–Crippen LogP) is 1.77. The number of hydrazine groups is 1. The van der Waals surface area contributed by atoms with Crippen molar-refractivity contribution in [2.75, 3.05) is 12.0 Å². The molecule has 106 valence electrons. The van der Waals surface area contributed by atoms with Crippen molar-refractivity contribution in [1.82, 2.24) is 4.90 Å². The summed E-state index contributed by atoms with van der Waals surface area (Å²) < 4.78 is 27.2. The van der Waals surface area contributed by atoms with Crippen LogP contribution in [0.15, 0.2) is 12.1 Å². The number of rotatable bonds is 5. The number of nitrogens with zero attached hydrogens (tertiary/aromatic N) is 2. The predicted molar refractivity (Wildman–Crippen MR) is 68.5 cm³/mol. The molecule has 0 heterocycles. The van der Waals surface area contributed by atoms with Crippen LogP contribution in [0.5, 0.6) is 0 Å². The Morgan fingerprint density at radius 1 is 1.45 bits per heavy atom. The summed E-state index contributed by atoms with van der Waals surface area (Å²) in [4.78, 5) is 13.8. The number of nitrogens with one attached hydrogen (secondary N) is 1. The molecule has 0 atom stereocenters. The van der Waals surface area contributed by atoms with Gasteiger partial charge in [-0.15, -0.1) is 0 Å². The van der Waals surface area contributed by atoms with Crippen molar-refractivity contribution in [2.24, 2.45) is 5.84 Å². The molecule has 0 spiro atoms. The molecular weight excluding hydrogens is 266 g/mol. The van der Waals surface area contributed by atoms with Crippen LogP contribution in [0.2, 0.25) is 0 Å². The zero-order chi connectivity index (χ0) is 14.7. The Balaban J connectivity index is 2.25. The lowest BCUT2D eigenvalue weighted by Gasteiger charge is -2.21. The molecule has 1 fully saturated rings. The highest BCUT2D eigenvalue weighted by Crippen LogP contribution is 2.29. The van der Waals surface area contributed by atoms with E-state index in [2.05, 4.69) is 0 Å². The number of carbonyl (C=O) groups excluding carboxylic acids is 1. The number of nitrogen functional groups attached to an aromatic ring is 1. The van der Waals surface area contributed by atoms with Crippen molar-refractivity contribution >= 4 is 11.6 Å². The summed E-state index contributed by atoms with van der Waals surface area (Å²) in [5.41, 5.74) is 1.36. The number of carbonyl (C=O) groups is 1. The highest BCUT2D eigenvalue weighted by atomic mass is 19.1. The van der Waals surface area contributed by atoms with Gasteiger partial charge in [0.2, 0.25) is 0 Å². The summed E-state index contributed by atoms with van der Waals surface area (Å²) in [5.74, 6) is 2.68. The molecule has 0 aromatic heterocycles. The summed E-state index contributed by atoms with van der Waals surface area (Å²) >= 11 is 0. The monoisotopic (exact) mass is 280 g/mol. The minimum absolute atomic E-state index is 0.0642. The van der Waals surface area contributed by atoms with Gasteiger partial charge in [-0.25, -0.2) is 8.78 Å². The summed E-state index contributed by atoms with van der Waals surface area (Å²) in [6.07, 6.45) is 1.89. The fraction of sp³-hybridized carbons (Fsp3) is 0.385. The van der Waals surface area contributed by atoms with Crippen molar-refractivity contribution in [3.8, 4) is 6.07 Å². The summed E-state index contributed by atoms with van der Waals surface area (Å²) in [7, 11) is 0. The molecule has 1 aliphatic carbocycles. The molecule has 1 amide bonds. The highest BCUT2D eigenvalue weighted by Gasteiger charge is 2.33. The lowest BCUT2D eigenvalue weighted by molar-refractivity contribution is 0.0746. The Morgan fingerprint density at radius 3 is 2.50 bits per heavy atom. The molecule has 0 unspecified atom stereocenters. The van der Waals surface area contributed by atoms with E-state index in [9.17, 15) is 13.6 Å². The number of nitriles is 1. The molecular formula is C13H14F2N4O. The molecule has 1 aromatic carbocycles. The van der Waals surface area contributed by atoms with Crippen LogP contribution in [-0.4, -0.2) is 23.4 Å². The molecule has 1 aliphatic rings. The molecule has 0 bridgehead atoms. The molecule has 0 aliphatic heterocycles. The van der Waals surface area contributed by atoms with Gasteiger partial charge >= 0.3 is 0 Å². The van der Waals surface area contributed by atoms with Crippen molar-refractivity contribution in [3.05, 3.63) is 29.3 Å². The minimum atomic E-state index is -0.924. The smallest absolute Gasteiger partial charge is 0.254 e. The van der Waals surface area contributed by atoms with E-state index in [1.54, 1.807) is 0 Å². The van der Waals surface area contributed by atoms with Gasteiger partial charge in [0.25, 0.3) is 5.91 Å². The standard InChI is InChI=1S/C13H14F2N4O/c14-10-6-8(7-11(15)12(10)18-17)13(20)19(5-1-4-16)9-2-3-9/h6-7,9,18H,1-3,5,17H2. The van der Waals surface area contributed by atoms with Gasteiger partial charge in [-0.3, -0.25) is 10.6 Å². The second kappa shape index (κ2) is 5.84. The first kappa shape index (κ1) is 14.2. The van der Waals surface area contributed by atoms with Crippen molar-refractivity contribution in [3.63, 3.8) is 0 Å². The zero-order valence-corrected chi connectivity index (χ0v) is 10.7. The SMILES string of the molecule is N#CCCN(C(=O)c1cc(F)c(NN)c(F)c1)C1CC1. The third kappa shape index (κ3) is 2.86. The molecule has 2 rings (SSSR count). The third-order valence-corrected chi connectivity index (χ3v) is 3.15. The van der Waals surface area contributed by atoms with Crippen molar-refractivity contribution < 1.29 is 13.6 Å². The van der Waals surface area contributed by atoms with Crippen LogP contribution >= 0.6 is 0 Å². The molecule has 0 radical (unpaired) electrons. The van der Waals surface area contributed by atoms with E-state index in [4.69, 9.17) is 11.1 Å².